The van der Waals surface area contributed by atoms with Gasteiger partial charge in [0, 0.05) is 97.6 Å². The molecule has 0 aromatic rings. The lowest BCUT2D eigenvalue weighted by atomic mass is 10.1. The zero-order valence-corrected chi connectivity index (χ0v) is 23.2. The Hall–Kier alpha value is -2.16. The molecular formula is C25H53N9O4. The fourth-order valence-corrected chi connectivity index (χ4v) is 3.73. The van der Waals surface area contributed by atoms with Gasteiger partial charge in [-0.3, -0.25) is 19.2 Å². The summed E-state index contributed by atoms with van der Waals surface area (Å²) >= 11 is 0. The van der Waals surface area contributed by atoms with Crippen molar-refractivity contribution in [2.45, 2.75) is 51.4 Å². The molecule has 11 N–H and O–H groups in total. The minimum atomic E-state index is -0.0635. The number of nitrogens with zero attached hydrogens (tertiary/aromatic N) is 2. The van der Waals surface area contributed by atoms with Gasteiger partial charge in [-0.2, -0.15) is 0 Å². The normalized spacial score (nSPS) is 11.1. The minimum absolute atomic E-state index is 0.0538. The van der Waals surface area contributed by atoms with Crippen molar-refractivity contribution >= 4 is 23.5 Å². The lowest BCUT2D eigenvalue weighted by Crippen LogP contribution is -2.37. The number of Topliss-reactive ketones (excluding diaryl/α,β-unsaturated/α-hetero) is 1. The van der Waals surface area contributed by atoms with Gasteiger partial charge < -0.3 is 48.7 Å². The number of rotatable bonds is 26. The van der Waals surface area contributed by atoms with Crippen LogP contribution in [0.25, 0.3) is 0 Å². The van der Waals surface area contributed by atoms with Crippen LogP contribution in [0.3, 0.4) is 0 Å². The van der Waals surface area contributed by atoms with E-state index in [1.165, 1.54) is 0 Å². The van der Waals surface area contributed by atoms with Gasteiger partial charge >= 0.3 is 0 Å². The van der Waals surface area contributed by atoms with Gasteiger partial charge in [-0.25, -0.2) is 0 Å². The van der Waals surface area contributed by atoms with Crippen LogP contribution in [0.5, 0.6) is 0 Å². The van der Waals surface area contributed by atoms with Crippen molar-refractivity contribution in [1.82, 2.24) is 25.8 Å². The van der Waals surface area contributed by atoms with Crippen LogP contribution in [0, 0.1) is 0 Å². The highest BCUT2D eigenvalue weighted by molar-refractivity contribution is 5.78. The summed E-state index contributed by atoms with van der Waals surface area (Å²) < 4.78 is 0. The Morgan fingerprint density at radius 2 is 0.816 bits per heavy atom. The zero-order chi connectivity index (χ0) is 28.4. The third kappa shape index (κ3) is 21.9. The average Bonchev–Trinajstić information content (AvgIpc) is 2.92. The molecule has 0 spiro atoms. The molecule has 0 saturated carbocycles. The van der Waals surface area contributed by atoms with Crippen LogP contribution in [-0.4, -0.2) is 118 Å². The maximum Gasteiger partial charge on any atom is 0.221 e. The third-order valence-electron chi connectivity index (χ3n) is 5.93. The number of ketones is 1. The zero-order valence-electron chi connectivity index (χ0n) is 23.2. The number of unbranched alkanes of at least 4 members (excludes halogenated alkanes) is 1. The molecule has 0 aliphatic rings. The monoisotopic (exact) mass is 543 g/mol. The molecule has 0 aliphatic carbocycles. The molecule has 222 valence electrons. The third-order valence-corrected chi connectivity index (χ3v) is 5.93. The summed E-state index contributed by atoms with van der Waals surface area (Å²) in [4.78, 5) is 52.5. The quantitative estimate of drug-likeness (QED) is 0.0567. The predicted molar refractivity (Wildman–Crippen MR) is 150 cm³/mol. The summed E-state index contributed by atoms with van der Waals surface area (Å²) in [6.45, 7) is 6.72. The first-order valence-electron chi connectivity index (χ1n) is 13.9. The van der Waals surface area contributed by atoms with Crippen LogP contribution in [0.1, 0.15) is 51.4 Å². The Morgan fingerprint density at radius 3 is 1.16 bits per heavy atom. The number of amides is 3. The van der Waals surface area contributed by atoms with E-state index in [1.807, 2.05) is 0 Å². The summed E-state index contributed by atoms with van der Waals surface area (Å²) in [5, 5.41) is 8.32. The molecule has 0 aliphatic heterocycles. The maximum absolute atomic E-state index is 12.1. The minimum Gasteiger partial charge on any atom is -0.355 e. The lowest BCUT2D eigenvalue weighted by Gasteiger charge is -2.24. The molecule has 13 nitrogen and oxygen atoms in total. The predicted octanol–water partition coefficient (Wildman–Crippen LogP) is -2.54. The molecular weight excluding hydrogens is 490 g/mol. The molecule has 0 aromatic heterocycles. The van der Waals surface area contributed by atoms with Gasteiger partial charge in [0.1, 0.15) is 5.78 Å². The van der Waals surface area contributed by atoms with E-state index >= 15 is 0 Å². The number of nitrogens with two attached hydrogens (primary N) is 4. The molecule has 13 heteroatoms. The molecule has 38 heavy (non-hydrogen) atoms. The van der Waals surface area contributed by atoms with Crippen molar-refractivity contribution in [2.75, 3.05) is 85.1 Å². The van der Waals surface area contributed by atoms with Crippen LogP contribution in [0.4, 0.5) is 0 Å². The second-order valence-electron chi connectivity index (χ2n) is 9.24. The van der Waals surface area contributed by atoms with Crippen molar-refractivity contribution in [3.8, 4) is 0 Å². The largest absolute Gasteiger partial charge is 0.355 e. The lowest BCUT2D eigenvalue weighted by molar-refractivity contribution is -0.122. The first-order chi connectivity index (χ1) is 18.4. The van der Waals surface area contributed by atoms with Crippen LogP contribution in [0.2, 0.25) is 0 Å². The highest BCUT2D eigenvalue weighted by Crippen LogP contribution is 2.05. The van der Waals surface area contributed by atoms with E-state index < -0.39 is 0 Å². The van der Waals surface area contributed by atoms with Gasteiger partial charge in [0.05, 0.1) is 0 Å². The second-order valence-corrected chi connectivity index (χ2v) is 9.24. The smallest absolute Gasteiger partial charge is 0.221 e. The topological polar surface area (TPSA) is 215 Å². The fourth-order valence-electron chi connectivity index (χ4n) is 3.73. The van der Waals surface area contributed by atoms with E-state index in [0.29, 0.717) is 111 Å². The number of nitrogens with one attached hydrogen (secondary N) is 3. The fraction of sp³-hybridized carbons (Fsp3) is 0.840. The summed E-state index contributed by atoms with van der Waals surface area (Å²) in [5.41, 5.74) is 21.8. The van der Waals surface area contributed by atoms with Crippen molar-refractivity contribution < 1.29 is 19.2 Å². The summed E-state index contributed by atoms with van der Waals surface area (Å²) in [7, 11) is 0. The van der Waals surface area contributed by atoms with Gasteiger partial charge in [-0.1, -0.05) is 0 Å². The molecule has 0 radical (unpaired) electrons. The van der Waals surface area contributed by atoms with Gasteiger partial charge in [0.15, 0.2) is 0 Å². The Labute approximate surface area is 228 Å². The molecule has 0 aromatic carbocycles. The molecule has 0 fully saturated rings. The van der Waals surface area contributed by atoms with Crippen LogP contribution >= 0.6 is 0 Å². The Bertz CT molecular complexity index is 550. The highest BCUT2D eigenvalue weighted by atomic mass is 16.2. The Balaban J connectivity index is 4.77. The van der Waals surface area contributed by atoms with E-state index in [1.54, 1.807) is 0 Å². The van der Waals surface area contributed by atoms with Crippen LogP contribution < -0.4 is 38.9 Å². The first kappa shape index (κ1) is 35.8. The Morgan fingerprint density at radius 1 is 0.447 bits per heavy atom. The molecule has 3 amide bonds. The average molecular weight is 544 g/mol. The van der Waals surface area contributed by atoms with Gasteiger partial charge in [-0.05, 0) is 38.9 Å². The number of hydrogen-bond acceptors (Lipinski definition) is 10. The molecule has 0 bridgehead atoms. The summed E-state index contributed by atoms with van der Waals surface area (Å²) in [6, 6.07) is 0. The van der Waals surface area contributed by atoms with Crippen LogP contribution in [-0.2, 0) is 19.2 Å². The van der Waals surface area contributed by atoms with Crippen molar-refractivity contribution in [2.24, 2.45) is 22.9 Å². The summed E-state index contributed by atoms with van der Waals surface area (Å²) in [5.74, 6) is -0.000197. The Kier molecular flexibility index (Phi) is 23.7. The molecule has 0 rings (SSSR count). The second kappa shape index (κ2) is 25.1. The van der Waals surface area contributed by atoms with Gasteiger partial charge in [0.2, 0.25) is 17.7 Å². The molecule has 0 atom stereocenters. The van der Waals surface area contributed by atoms with E-state index in [9.17, 15) is 19.2 Å². The maximum atomic E-state index is 12.1. The van der Waals surface area contributed by atoms with E-state index in [-0.39, 0.29) is 23.5 Å². The van der Waals surface area contributed by atoms with E-state index in [4.69, 9.17) is 22.9 Å². The number of carbonyl (C=O) groups is 4. The van der Waals surface area contributed by atoms with Crippen molar-refractivity contribution in [3.63, 3.8) is 0 Å². The molecule has 0 heterocycles. The molecule has 0 unspecified atom stereocenters. The number of hydrogen-bond donors (Lipinski definition) is 7. The van der Waals surface area contributed by atoms with E-state index in [2.05, 4.69) is 25.8 Å². The van der Waals surface area contributed by atoms with Gasteiger partial charge in [0.25, 0.3) is 0 Å². The highest BCUT2D eigenvalue weighted by Gasteiger charge is 2.13. The number of carbonyl (C=O) groups excluding carboxylic acids is 4. The van der Waals surface area contributed by atoms with Crippen molar-refractivity contribution in [1.29, 1.82) is 0 Å². The van der Waals surface area contributed by atoms with Crippen molar-refractivity contribution in [3.05, 3.63) is 0 Å². The SMILES string of the molecule is NCCCC(=O)CCN(CCCCN(CCC(=O)NCCN)CCC(=O)NCCN)CCC(=O)NCCN. The summed E-state index contributed by atoms with van der Waals surface area (Å²) in [6.07, 6.45) is 4.32. The van der Waals surface area contributed by atoms with Crippen LogP contribution in [0.15, 0.2) is 0 Å². The van der Waals surface area contributed by atoms with E-state index in [0.717, 1.165) is 25.9 Å². The van der Waals surface area contributed by atoms with Gasteiger partial charge in [-0.15, -0.1) is 0 Å². The molecule has 0 saturated heterocycles. The standard InChI is InChI=1S/C25H53N9O4/c26-9-3-4-22(35)5-18-33(19-6-23(36)30-13-10-27)16-1-2-17-34(20-7-24(37)31-14-11-28)21-8-25(38)32-15-12-29/h1-21,26-29H2,(H,30,36)(H,31,37)(H,32,38). The first-order valence-corrected chi connectivity index (χ1v) is 13.9.